The van der Waals surface area contributed by atoms with E-state index < -0.39 is 0 Å². The Kier molecular flexibility index (Phi) is 6.85. The number of aryl methyl sites for hydroxylation is 1. The number of rotatable bonds is 9. The second kappa shape index (κ2) is 9.16. The van der Waals surface area contributed by atoms with E-state index in [0.29, 0.717) is 13.0 Å². The van der Waals surface area contributed by atoms with Gasteiger partial charge in [-0.05, 0) is 29.9 Å². The van der Waals surface area contributed by atoms with Crippen LogP contribution in [0.5, 0.6) is 0 Å². The average Bonchev–Trinajstić information content (AvgIpc) is 2.57. The highest BCUT2D eigenvalue weighted by Gasteiger charge is 2.17. The van der Waals surface area contributed by atoms with Crippen LogP contribution < -0.4 is 0 Å². The third kappa shape index (κ3) is 5.45. The second-order valence-corrected chi connectivity index (χ2v) is 5.74. The fourth-order valence-corrected chi connectivity index (χ4v) is 2.57. The maximum atomic E-state index is 10.8. The van der Waals surface area contributed by atoms with E-state index in [2.05, 4.69) is 43.3 Å². The number of carbonyl (C=O) groups is 1. The lowest BCUT2D eigenvalue weighted by Gasteiger charge is -2.23. The number of carbonyl (C=O) groups excluding carboxylic acids is 1. The number of benzene rings is 2. The molecule has 0 saturated carbocycles. The summed E-state index contributed by atoms with van der Waals surface area (Å²) in [6, 6.07) is 20.6. The number of aldehydes is 1. The average molecular weight is 296 g/mol. The standard InChI is InChI=1S/C20H24O2/c1-17(14-15-21)20(13-12-18-8-4-2-5-9-18)22-16-19-10-6-3-7-11-19/h2-11,15,17,20H,12-14,16H2,1H3. The van der Waals surface area contributed by atoms with Crippen LogP contribution in [-0.4, -0.2) is 12.4 Å². The van der Waals surface area contributed by atoms with Crippen molar-refractivity contribution in [1.29, 1.82) is 0 Å². The lowest BCUT2D eigenvalue weighted by molar-refractivity contribution is -0.110. The van der Waals surface area contributed by atoms with E-state index in [1.807, 2.05) is 24.3 Å². The van der Waals surface area contributed by atoms with Gasteiger partial charge in [0.05, 0.1) is 12.7 Å². The van der Waals surface area contributed by atoms with Crippen LogP contribution in [0, 0.1) is 5.92 Å². The molecular formula is C20H24O2. The van der Waals surface area contributed by atoms with E-state index in [1.54, 1.807) is 0 Å². The van der Waals surface area contributed by atoms with Crippen LogP contribution in [0.15, 0.2) is 60.7 Å². The Labute approximate surface area is 133 Å². The first-order chi connectivity index (χ1) is 10.8. The molecule has 0 aromatic heterocycles. The van der Waals surface area contributed by atoms with Gasteiger partial charge in [0.15, 0.2) is 0 Å². The van der Waals surface area contributed by atoms with Crippen LogP contribution in [0.4, 0.5) is 0 Å². The van der Waals surface area contributed by atoms with E-state index in [-0.39, 0.29) is 12.0 Å². The van der Waals surface area contributed by atoms with Gasteiger partial charge in [0.25, 0.3) is 0 Å². The first-order valence-corrected chi connectivity index (χ1v) is 7.92. The van der Waals surface area contributed by atoms with Crippen LogP contribution in [-0.2, 0) is 22.6 Å². The van der Waals surface area contributed by atoms with Gasteiger partial charge in [-0.25, -0.2) is 0 Å². The van der Waals surface area contributed by atoms with Gasteiger partial charge in [-0.1, -0.05) is 67.6 Å². The molecule has 0 bridgehead atoms. The van der Waals surface area contributed by atoms with Crippen molar-refractivity contribution in [3.8, 4) is 0 Å². The normalized spacial score (nSPS) is 13.5. The summed E-state index contributed by atoms with van der Waals surface area (Å²) in [5.41, 5.74) is 2.49. The fourth-order valence-electron chi connectivity index (χ4n) is 2.57. The molecule has 2 aromatic carbocycles. The molecule has 0 radical (unpaired) electrons. The Balaban J connectivity index is 1.92. The summed E-state index contributed by atoms with van der Waals surface area (Å²) < 4.78 is 6.11. The molecule has 0 fully saturated rings. The lowest BCUT2D eigenvalue weighted by atomic mass is 9.95. The van der Waals surface area contributed by atoms with Crippen molar-refractivity contribution in [2.75, 3.05) is 0 Å². The molecule has 2 atom stereocenters. The van der Waals surface area contributed by atoms with E-state index in [1.165, 1.54) is 11.1 Å². The molecule has 2 nitrogen and oxygen atoms in total. The zero-order chi connectivity index (χ0) is 15.6. The van der Waals surface area contributed by atoms with Gasteiger partial charge in [0.2, 0.25) is 0 Å². The maximum Gasteiger partial charge on any atom is 0.120 e. The fraction of sp³-hybridized carbons (Fsp3) is 0.350. The van der Waals surface area contributed by atoms with E-state index in [4.69, 9.17) is 4.74 Å². The summed E-state index contributed by atoms with van der Waals surface area (Å²) in [6.07, 6.45) is 3.56. The second-order valence-electron chi connectivity index (χ2n) is 5.74. The monoisotopic (exact) mass is 296 g/mol. The van der Waals surface area contributed by atoms with Crippen LogP contribution in [0.2, 0.25) is 0 Å². The highest BCUT2D eigenvalue weighted by molar-refractivity contribution is 5.49. The smallest absolute Gasteiger partial charge is 0.120 e. The minimum Gasteiger partial charge on any atom is -0.373 e. The largest absolute Gasteiger partial charge is 0.373 e. The predicted octanol–water partition coefficient (Wildman–Crippen LogP) is 4.43. The Bertz CT molecular complexity index is 493. The highest BCUT2D eigenvalue weighted by atomic mass is 16.5. The third-order valence-corrected chi connectivity index (χ3v) is 3.97. The van der Waals surface area contributed by atoms with Crippen molar-refractivity contribution in [2.24, 2.45) is 5.92 Å². The molecule has 2 unspecified atom stereocenters. The van der Waals surface area contributed by atoms with Crippen LogP contribution in [0.1, 0.15) is 30.9 Å². The van der Waals surface area contributed by atoms with Crippen molar-refractivity contribution in [2.45, 2.75) is 38.9 Å². The zero-order valence-electron chi connectivity index (χ0n) is 13.2. The van der Waals surface area contributed by atoms with E-state index >= 15 is 0 Å². The SMILES string of the molecule is CC(CC=O)C(CCc1ccccc1)OCc1ccccc1. The zero-order valence-corrected chi connectivity index (χ0v) is 13.2. The maximum absolute atomic E-state index is 10.8. The molecule has 2 heteroatoms. The number of hydrogen-bond donors (Lipinski definition) is 0. The minimum atomic E-state index is 0.102. The van der Waals surface area contributed by atoms with Crippen LogP contribution in [0.3, 0.4) is 0 Å². The van der Waals surface area contributed by atoms with E-state index in [0.717, 1.165) is 19.1 Å². The molecule has 0 aliphatic rings. The van der Waals surface area contributed by atoms with Gasteiger partial charge in [-0.3, -0.25) is 0 Å². The molecule has 0 aliphatic carbocycles. The predicted molar refractivity (Wildman–Crippen MR) is 89.6 cm³/mol. The summed E-state index contributed by atoms with van der Waals surface area (Å²) in [7, 11) is 0. The summed E-state index contributed by atoms with van der Waals surface area (Å²) in [4.78, 5) is 10.8. The quantitative estimate of drug-likeness (QED) is 0.640. The molecule has 0 heterocycles. The topological polar surface area (TPSA) is 26.3 Å². The summed E-state index contributed by atoms with van der Waals surface area (Å²) in [6.45, 7) is 2.69. The summed E-state index contributed by atoms with van der Waals surface area (Å²) >= 11 is 0. The van der Waals surface area contributed by atoms with E-state index in [9.17, 15) is 4.79 Å². The lowest BCUT2D eigenvalue weighted by Crippen LogP contribution is -2.23. The van der Waals surface area contributed by atoms with Gasteiger partial charge in [0.1, 0.15) is 6.29 Å². The Morgan fingerprint density at radius 1 is 0.955 bits per heavy atom. The van der Waals surface area contributed by atoms with Crippen molar-refractivity contribution in [3.63, 3.8) is 0 Å². The van der Waals surface area contributed by atoms with Gasteiger partial charge in [-0.2, -0.15) is 0 Å². The van der Waals surface area contributed by atoms with Gasteiger partial charge in [0, 0.05) is 6.42 Å². The van der Waals surface area contributed by atoms with Gasteiger partial charge < -0.3 is 9.53 Å². The first-order valence-electron chi connectivity index (χ1n) is 7.92. The molecule has 0 aliphatic heterocycles. The van der Waals surface area contributed by atoms with Crippen molar-refractivity contribution < 1.29 is 9.53 Å². The highest BCUT2D eigenvalue weighted by Crippen LogP contribution is 2.19. The first kappa shape index (κ1) is 16.4. The van der Waals surface area contributed by atoms with Crippen molar-refractivity contribution >= 4 is 6.29 Å². The molecule has 0 spiro atoms. The molecule has 0 amide bonds. The molecule has 2 rings (SSSR count). The summed E-state index contributed by atoms with van der Waals surface area (Å²) in [5.74, 6) is 0.241. The Morgan fingerprint density at radius 2 is 1.55 bits per heavy atom. The molecule has 116 valence electrons. The number of hydrogen-bond acceptors (Lipinski definition) is 2. The molecule has 0 N–H and O–H groups in total. The third-order valence-electron chi connectivity index (χ3n) is 3.97. The Hall–Kier alpha value is -1.93. The molecular weight excluding hydrogens is 272 g/mol. The van der Waals surface area contributed by atoms with Crippen LogP contribution in [0.25, 0.3) is 0 Å². The summed E-state index contributed by atoms with van der Waals surface area (Å²) in [5, 5.41) is 0. The number of ether oxygens (including phenoxy) is 1. The van der Waals surface area contributed by atoms with Crippen molar-refractivity contribution in [3.05, 3.63) is 71.8 Å². The molecule has 0 saturated heterocycles. The van der Waals surface area contributed by atoms with Gasteiger partial charge in [-0.15, -0.1) is 0 Å². The van der Waals surface area contributed by atoms with Gasteiger partial charge >= 0.3 is 0 Å². The minimum absolute atomic E-state index is 0.102. The molecule has 22 heavy (non-hydrogen) atoms. The van der Waals surface area contributed by atoms with Crippen molar-refractivity contribution in [1.82, 2.24) is 0 Å². The van der Waals surface area contributed by atoms with Crippen LogP contribution >= 0.6 is 0 Å². The molecule has 2 aromatic rings. The Morgan fingerprint density at radius 3 is 2.14 bits per heavy atom.